The third kappa shape index (κ3) is 4.68. The van der Waals surface area contributed by atoms with E-state index in [0.717, 1.165) is 4.90 Å². The highest BCUT2D eigenvalue weighted by Gasteiger charge is 2.21. The summed E-state index contributed by atoms with van der Waals surface area (Å²) in [7, 11) is -3.46. The van der Waals surface area contributed by atoms with E-state index in [1.807, 2.05) is 10.6 Å². The fraction of sp³-hybridized carbons (Fsp3) is 0.316. The number of rotatable bonds is 8. The van der Waals surface area contributed by atoms with Crippen LogP contribution in [0.5, 0.6) is 11.5 Å². The summed E-state index contributed by atoms with van der Waals surface area (Å²) in [5.41, 5.74) is 7.75. The van der Waals surface area contributed by atoms with Gasteiger partial charge in [0.2, 0.25) is 16.8 Å². The lowest BCUT2D eigenvalue weighted by Gasteiger charge is -2.10. The van der Waals surface area contributed by atoms with Crippen molar-refractivity contribution >= 4 is 38.8 Å². The van der Waals surface area contributed by atoms with Crippen LogP contribution in [-0.4, -0.2) is 40.5 Å². The first-order valence-electron chi connectivity index (χ1n) is 9.41. The zero-order valence-electron chi connectivity index (χ0n) is 16.4. The Kier molecular flexibility index (Phi) is 5.90. The Labute approximate surface area is 183 Å². The van der Waals surface area contributed by atoms with Gasteiger partial charge in [-0.3, -0.25) is 0 Å². The molecule has 2 aromatic heterocycles. The molecule has 0 amide bonds. The number of nitrogens with zero attached hydrogens (tertiary/aromatic N) is 4. The molecule has 31 heavy (non-hydrogen) atoms. The van der Waals surface area contributed by atoms with Crippen LogP contribution in [0.4, 0.5) is 5.82 Å². The summed E-state index contributed by atoms with van der Waals surface area (Å²) in [6, 6.07) is 3.59. The number of benzene rings is 1. The smallest absolute Gasteiger partial charge is 0.231 e. The van der Waals surface area contributed by atoms with Crippen LogP contribution in [0.3, 0.4) is 0 Å². The van der Waals surface area contributed by atoms with E-state index < -0.39 is 10.0 Å². The van der Waals surface area contributed by atoms with Crippen molar-refractivity contribution in [3.8, 4) is 23.8 Å². The summed E-state index contributed by atoms with van der Waals surface area (Å²) in [5, 5.41) is 5.71. The maximum absolute atomic E-state index is 11.1. The summed E-state index contributed by atoms with van der Waals surface area (Å²) in [6.07, 6.45) is 8.95. The summed E-state index contributed by atoms with van der Waals surface area (Å²) in [6.45, 7) is 0.715. The van der Waals surface area contributed by atoms with Gasteiger partial charge in [0.1, 0.15) is 6.33 Å². The summed E-state index contributed by atoms with van der Waals surface area (Å²) < 4.78 is 35.1. The monoisotopic (exact) mass is 460 g/mol. The van der Waals surface area contributed by atoms with Crippen molar-refractivity contribution in [3.63, 3.8) is 0 Å². The number of aryl methyl sites for hydroxylation is 1. The predicted octanol–water partition coefficient (Wildman–Crippen LogP) is 1.73. The Bertz CT molecular complexity index is 1280. The molecule has 0 spiro atoms. The quantitative estimate of drug-likeness (QED) is 0.378. The van der Waals surface area contributed by atoms with Crippen LogP contribution in [0.15, 0.2) is 28.5 Å². The van der Waals surface area contributed by atoms with Gasteiger partial charge in [-0.15, -0.1) is 6.42 Å². The topological polar surface area (TPSA) is 148 Å². The number of hydrogen-bond donors (Lipinski definition) is 2. The second-order valence-electron chi connectivity index (χ2n) is 6.85. The average Bonchev–Trinajstić information content (AvgIpc) is 3.31. The minimum Gasteiger partial charge on any atom is -0.454 e. The van der Waals surface area contributed by atoms with Crippen LogP contribution in [0.25, 0.3) is 11.2 Å². The van der Waals surface area contributed by atoms with Gasteiger partial charge in [0.25, 0.3) is 0 Å². The van der Waals surface area contributed by atoms with Crippen molar-refractivity contribution in [2.75, 3.05) is 18.3 Å². The molecule has 4 rings (SSSR count). The molecule has 4 N–H and O–H groups in total. The minimum absolute atomic E-state index is 0.0445. The molecule has 0 bridgehead atoms. The number of imidazole rings is 1. The molecule has 1 aliphatic heterocycles. The lowest BCUT2D eigenvalue weighted by molar-refractivity contribution is 0.174. The highest BCUT2D eigenvalue weighted by molar-refractivity contribution is 7.99. The molecule has 10 nitrogen and oxygen atoms in total. The van der Waals surface area contributed by atoms with E-state index in [1.165, 1.54) is 18.1 Å². The number of ether oxygens (including phenoxy) is 2. The Morgan fingerprint density at radius 2 is 1.97 bits per heavy atom. The highest BCUT2D eigenvalue weighted by Crippen LogP contribution is 2.41. The Balaban J connectivity index is 1.62. The van der Waals surface area contributed by atoms with E-state index in [1.54, 1.807) is 6.07 Å². The zero-order valence-corrected chi connectivity index (χ0v) is 18.1. The fourth-order valence-electron chi connectivity index (χ4n) is 3.18. The Hall–Kier alpha value is -3.01. The maximum Gasteiger partial charge on any atom is 0.231 e. The van der Waals surface area contributed by atoms with E-state index in [4.69, 9.17) is 26.8 Å². The van der Waals surface area contributed by atoms with Crippen LogP contribution in [-0.2, 0) is 16.6 Å². The van der Waals surface area contributed by atoms with E-state index in [-0.39, 0.29) is 18.4 Å². The SMILES string of the molecule is C#Cc1cc2c(cc1Sc1nc3c(N)ncnc3n1CCCCCS(N)(=O)=O)OCO2. The van der Waals surface area contributed by atoms with Crippen LogP contribution in [0, 0.1) is 12.3 Å². The van der Waals surface area contributed by atoms with Crippen molar-refractivity contribution in [1.82, 2.24) is 19.5 Å². The first-order valence-corrected chi connectivity index (χ1v) is 11.9. The number of nitrogens with two attached hydrogens (primary N) is 2. The van der Waals surface area contributed by atoms with Crippen LogP contribution in [0.1, 0.15) is 24.8 Å². The molecule has 3 aromatic rings. The standard InChI is InChI=1S/C19H20N6O4S2/c1-2-12-8-13-14(29-11-28-13)9-15(12)30-19-24-16-17(20)22-10-23-18(16)25(19)6-4-3-5-7-31(21,26)27/h1,8-10H,3-7,11H2,(H2,20,22,23)(H2,21,26,27). The van der Waals surface area contributed by atoms with Gasteiger partial charge >= 0.3 is 0 Å². The first kappa shape index (κ1) is 21.2. The van der Waals surface area contributed by atoms with Gasteiger partial charge in [0.15, 0.2) is 33.6 Å². The van der Waals surface area contributed by atoms with Crippen molar-refractivity contribution in [1.29, 1.82) is 0 Å². The fourth-order valence-corrected chi connectivity index (χ4v) is 4.80. The summed E-state index contributed by atoms with van der Waals surface area (Å²) in [4.78, 5) is 13.8. The maximum atomic E-state index is 11.1. The molecule has 0 atom stereocenters. The van der Waals surface area contributed by atoms with Crippen molar-refractivity contribution in [2.45, 2.75) is 35.9 Å². The third-order valence-corrected chi connectivity index (χ3v) is 6.58. The van der Waals surface area contributed by atoms with Gasteiger partial charge in [-0.05, 0) is 18.9 Å². The van der Waals surface area contributed by atoms with Gasteiger partial charge < -0.3 is 19.8 Å². The molecular weight excluding hydrogens is 440 g/mol. The molecule has 0 fully saturated rings. The average molecular weight is 461 g/mol. The number of aromatic nitrogens is 4. The molecule has 0 unspecified atom stereocenters. The number of terminal acetylenes is 1. The van der Waals surface area contributed by atoms with Crippen molar-refractivity contribution in [2.24, 2.45) is 5.14 Å². The second kappa shape index (κ2) is 8.62. The van der Waals surface area contributed by atoms with Crippen LogP contribution in [0.2, 0.25) is 0 Å². The lowest BCUT2D eigenvalue weighted by atomic mass is 10.2. The van der Waals surface area contributed by atoms with Crippen LogP contribution < -0.4 is 20.3 Å². The van der Waals surface area contributed by atoms with E-state index >= 15 is 0 Å². The van der Waals surface area contributed by atoms with Crippen molar-refractivity contribution in [3.05, 3.63) is 24.0 Å². The number of sulfonamides is 1. The molecular formula is C19H20N6O4S2. The molecule has 162 valence electrons. The molecule has 1 aliphatic rings. The zero-order chi connectivity index (χ0) is 22.0. The third-order valence-electron chi connectivity index (χ3n) is 4.67. The van der Waals surface area contributed by atoms with E-state index in [2.05, 4.69) is 20.9 Å². The second-order valence-corrected chi connectivity index (χ2v) is 9.60. The molecule has 0 aliphatic carbocycles. The number of nitrogen functional groups attached to an aromatic ring is 1. The molecule has 0 saturated heterocycles. The Morgan fingerprint density at radius 3 is 2.71 bits per heavy atom. The van der Waals surface area contributed by atoms with Crippen LogP contribution >= 0.6 is 11.8 Å². The predicted molar refractivity (Wildman–Crippen MR) is 116 cm³/mol. The van der Waals surface area contributed by atoms with Gasteiger partial charge in [0, 0.05) is 23.1 Å². The molecule has 0 saturated carbocycles. The first-order chi connectivity index (χ1) is 14.9. The number of unbranched alkanes of at least 4 members (excludes halogenated alkanes) is 2. The number of anilines is 1. The number of fused-ring (bicyclic) bond motifs is 2. The van der Waals surface area contributed by atoms with E-state index in [9.17, 15) is 8.42 Å². The van der Waals surface area contributed by atoms with Crippen molar-refractivity contribution < 1.29 is 17.9 Å². The van der Waals surface area contributed by atoms with Gasteiger partial charge in [-0.1, -0.05) is 24.1 Å². The number of primary sulfonamides is 1. The normalized spacial score (nSPS) is 12.9. The molecule has 0 radical (unpaired) electrons. The van der Waals surface area contributed by atoms with Gasteiger partial charge in [0.05, 0.1) is 5.75 Å². The molecule has 3 heterocycles. The van der Waals surface area contributed by atoms with E-state index in [0.29, 0.717) is 59.2 Å². The largest absolute Gasteiger partial charge is 0.454 e. The number of hydrogen-bond acceptors (Lipinski definition) is 9. The Morgan fingerprint density at radius 1 is 1.19 bits per heavy atom. The minimum atomic E-state index is -3.46. The summed E-state index contributed by atoms with van der Waals surface area (Å²) in [5.74, 6) is 4.13. The molecule has 1 aromatic carbocycles. The lowest BCUT2D eigenvalue weighted by Crippen LogP contribution is -2.16. The van der Waals surface area contributed by atoms with Gasteiger partial charge in [-0.2, -0.15) is 0 Å². The highest BCUT2D eigenvalue weighted by atomic mass is 32.2. The van der Waals surface area contributed by atoms with Gasteiger partial charge in [-0.25, -0.2) is 28.5 Å². The molecule has 12 heteroatoms. The summed E-state index contributed by atoms with van der Waals surface area (Å²) >= 11 is 1.37.